The summed E-state index contributed by atoms with van der Waals surface area (Å²) in [6, 6.07) is 10.8. The highest BCUT2D eigenvalue weighted by molar-refractivity contribution is 6.06. The molecular formula is C20H19N3O3. The number of carbonyl (C=O) groups excluding carboxylic acids is 2. The molecule has 0 radical (unpaired) electrons. The Hall–Kier alpha value is -3.41. The fourth-order valence-electron chi connectivity index (χ4n) is 2.57. The fraction of sp³-hybridized carbons (Fsp3) is 0.150. The van der Waals surface area contributed by atoms with Gasteiger partial charge in [0, 0.05) is 18.1 Å². The van der Waals surface area contributed by atoms with Crippen molar-refractivity contribution in [2.75, 3.05) is 5.32 Å². The topological polar surface area (TPSA) is 84.2 Å². The van der Waals surface area contributed by atoms with Crippen LogP contribution in [0.5, 0.6) is 0 Å². The maximum atomic E-state index is 12.5. The third kappa shape index (κ3) is 3.97. The lowest BCUT2D eigenvalue weighted by Gasteiger charge is -2.11. The van der Waals surface area contributed by atoms with E-state index in [1.54, 1.807) is 18.4 Å². The number of anilines is 1. The van der Waals surface area contributed by atoms with Crippen molar-refractivity contribution in [1.29, 1.82) is 0 Å². The van der Waals surface area contributed by atoms with Crippen molar-refractivity contribution in [3.8, 4) is 0 Å². The molecule has 3 rings (SSSR count). The molecule has 2 N–H and O–H groups in total. The summed E-state index contributed by atoms with van der Waals surface area (Å²) in [6.45, 7) is 4.13. The molecule has 3 aromatic rings. The lowest BCUT2D eigenvalue weighted by Crippen LogP contribution is -2.23. The number of aromatic nitrogens is 1. The van der Waals surface area contributed by atoms with Crippen LogP contribution in [0.3, 0.4) is 0 Å². The van der Waals surface area contributed by atoms with Gasteiger partial charge in [-0.15, -0.1) is 0 Å². The van der Waals surface area contributed by atoms with E-state index >= 15 is 0 Å². The van der Waals surface area contributed by atoms with Crippen LogP contribution in [0.2, 0.25) is 0 Å². The van der Waals surface area contributed by atoms with Gasteiger partial charge in [-0.05, 0) is 43.2 Å². The third-order valence-electron chi connectivity index (χ3n) is 3.99. The minimum atomic E-state index is -0.323. The number of aryl methyl sites for hydroxylation is 2. The molecule has 0 spiro atoms. The van der Waals surface area contributed by atoms with Crippen LogP contribution < -0.4 is 10.6 Å². The molecule has 0 atom stereocenters. The molecule has 2 aromatic heterocycles. The highest BCUT2D eigenvalue weighted by Gasteiger charge is 2.13. The smallest absolute Gasteiger partial charge is 0.257 e. The number of hydrogen-bond donors (Lipinski definition) is 2. The molecule has 0 unspecified atom stereocenters. The van der Waals surface area contributed by atoms with Gasteiger partial charge in [-0.3, -0.25) is 14.6 Å². The molecule has 1 aromatic carbocycles. The first-order chi connectivity index (χ1) is 12.5. The van der Waals surface area contributed by atoms with Gasteiger partial charge < -0.3 is 15.1 Å². The Morgan fingerprint density at radius 2 is 1.69 bits per heavy atom. The van der Waals surface area contributed by atoms with Crippen LogP contribution in [0.1, 0.15) is 37.6 Å². The molecule has 0 saturated carbocycles. The summed E-state index contributed by atoms with van der Waals surface area (Å²) >= 11 is 0. The molecule has 26 heavy (non-hydrogen) atoms. The second kappa shape index (κ2) is 7.65. The Labute approximate surface area is 151 Å². The average molecular weight is 349 g/mol. The predicted octanol–water partition coefficient (Wildman–Crippen LogP) is 3.47. The molecule has 6 heteroatoms. The number of pyridine rings is 1. The van der Waals surface area contributed by atoms with Crippen LogP contribution in [-0.4, -0.2) is 16.8 Å². The van der Waals surface area contributed by atoms with E-state index in [0.29, 0.717) is 16.9 Å². The van der Waals surface area contributed by atoms with Crippen molar-refractivity contribution in [3.63, 3.8) is 0 Å². The lowest BCUT2D eigenvalue weighted by atomic mass is 10.1. The van der Waals surface area contributed by atoms with Crippen molar-refractivity contribution >= 4 is 17.5 Å². The highest BCUT2D eigenvalue weighted by Crippen LogP contribution is 2.20. The van der Waals surface area contributed by atoms with Gasteiger partial charge in [-0.2, -0.15) is 0 Å². The summed E-state index contributed by atoms with van der Waals surface area (Å²) in [5, 5.41) is 5.62. The number of furan rings is 1. The highest BCUT2D eigenvalue weighted by atomic mass is 16.3. The van der Waals surface area contributed by atoms with Crippen LogP contribution in [0.25, 0.3) is 0 Å². The number of carbonyl (C=O) groups is 2. The van der Waals surface area contributed by atoms with E-state index in [9.17, 15) is 9.59 Å². The van der Waals surface area contributed by atoms with Gasteiger partial charge in [0.1, 0.15) is 5.76 Å². The zero-order valence-corrected chi connectivity index (χ0v) is 14.6. The quantitative estimate of drug-likeness (QED) is 0.739. The van der Waals surface area contributed by atoms with Crippen molar-refractivity contribution < 1.29 is 14.0 Å². The maximum absolute atomic E-state index is 12.5. The Bertz CT molecular complexity index is 913. The minimum absolute atomic E-state index is 0.269. The van der Waals surface area contributed by atoms with Crippen molar-refractivity contribution in [2.24, 2.45) is 0 Å². The van der Waals surface area contributed by atoms with Crippen LogP contribution in [0, 0.1) is 13.8 Å². The van der Waals surface area contributed by atoms with Gasteiger partial charge in [-0.25, -0.2) is 0 Å². The second-order valence-corrected chi connectivity index (χ2v) is 5.95. The Morgan fingerprint density at radius 3 is 2.35 bits per heavy atom. The number of hydrogen-bond acceptors (Lipinski definition) is 4. The van der Waals surface area contributed by atoms with E-state index in [0.717, 1.165) is 16.8 Å². The molecule has 0 fully saturated rings. The zero-order valence-electron chi connectivity index (χ0n) is 14.6. The van der Waals surface area contributed by atoms with Gasteiger partial charge in [0.2, 0.25) is 0 Å². The number of nitrogens with one attached hydrogen (secondary N) is 2. The van der Waals surface area contributed by atoms with Crippen LogP contribution >= 0.6 is 0 Å². The summed E-state index contributed by atoms with van der Waals surface area (Å²) in [5.41, 5.74) is 3.34. The van der Waals surface area contributed by atoms with E-state index in [4.69, 9.17) is 4.42 Å². The van der Waals surface area contributed by atoms with Crippen LogP contribution in [-0.2, 0) is 6.54 Å². The van der Waals surface area contributed by atoms with Gasteiger partial charge in [0.25, 0.3) is 11.8 Å². The summed E-state index contributed by atoms with van der Waals surface area (Å²) in [5.74, 6) is 0.0152. The predicted molar refractivity (Wildman–Crippen MR) is 98.0 cm³/mol. The molecule has 2 heterocycles. The van der Waals surface area contributed by atoms with E-state index in [1.807, 2.05) is 32.0 Å². The van der Waals surface area contributed by atoms with Crippen LogP contribution in [0.4, 0.5) is 5.69 Å². The first-order valence-electron chi connectivity index (χ1n) is 8.18. The largest absolute Gasteiger partial charge is 0.467 e. The first kappa shape index (κ1) is 17.4. The van der Waals surface area contributed by atoms with Crippen molar-refractivity contribution in [1.82, 2.24) is 10.3 Å². The standard InChI is InChI=1S/C20H19N3O3/c1-13-5-3-6-14(2)18(13)23-20(25)16-9-15(10-21-11-16)19(24)22-12-17-7-4-8-26-17/h3-11H,12H2,1-2H3,(H,22,24)(H,23,25). The Kier molecular flexibility index (Phi) is 5.12. The normalized spacial score (nSPS) is 10.4. The molecule has 132 valence electrons. The molecule has 0 bridgehead atoms. The SMILES string of the molecule is Cc1cccc(C)c1NC(=O)c1cncc(C(=O)NCc2ccco2)c1. The maximum Gasteiger partial charge on any atom is 0.257 e. The van der Waals surface area contributed by atoms with Crippen molar-refractivity contribution in [2.45, 2.75) is 20.4 Å². The monoisotopic (exact) mass is 349 g/mol. The van der Waals surface area contributed by atoms with Gasteiger partial charge in [-0.1, -0.05) is 18.2 Å². The first-order valence-corrected chi connectivity index (χ1v) is 8.18. The second-order valence-electron chi connectivity index (χ2n) is 5.95. The molecule has 6 nitrogen and oxygen atoms in total. The van der Waals surface area contributed by atoms with Gasteiger partial charge in [0.05, 0.1) is 23.9 Å². The van der Waals surface area contributed by atoms with E-state index in [1.165, 1.54) is 18.5 Å². The summed E-state index contributed by atoms with van der Waals surface area (Å²) in [4.78, 5) is 28.8. The number of para-hydroxylation sites is 1. The molecule has 0 aliphatic carbocycles. The Morgan fingerprint density at radius 1 is 1.00 bits per heavy atom. The van der Waals surface area contributed by atoms with Gasteiger partial charge >= 0.3 is 0 Å². The number of amides is 2. The molecule has 0 aliphatic rings. The molecule has 0 saturated heterocycles. The summed E-state index contributed by atoms with van der Waals surface area (Å²) in [6.07, 6.45) is 4.40. The molecular weight excluding hydrogens is 330 g/mol. The van der Waals surface area contributed by atoms with E-state index in [-0.39, 0.29) is 18.4 Å². The third-order valence-corrected chi connectivity index (χ3v) is 3.99. The molecule has 0 aliphatic heterocycles. The Balaban J connectivity index is 1.72. The van der Waals surface area contributed by atoms with Crippen molar-refractivity contribution in [3.05, 3.63) is 83.1 Å². The molecule has 2 amide bonds. The minimum Gasteiger partial charge on any atom is -0.467 e. The van der Waals surface area contributed by atoms with E-state index < -0.39 is 0 Å². The van der Waals surface area contributed by atoms with Crippen LogP contribution in [0.15, 0.2) is 59.5 Å². The number of rotatable bonds is 5. The number of benzene rings is 1. The van der Waals surface area contributed by atoms with E-state index in [2.05, 4.69) is 15.6 Å². The summed E-state index contributed by atoms with van der Waals surface area (Å²) < 4.78 is 5.18. The number of nitrogens with zero attached hydrogens (tertiary/aromatic N) is 1. The summed E-state index contributed by atoms with van der Waals surface area (Å²) in [7, 11) is 0. The fourth-order valence-corrected chi connectivity index (χ4v) is 2.57. The lowest BCUT2D eigenvalue weighted by molar-refractivity contribution is 0.0947. The average Bonchev–Trinajstić information content (AvgIpc) is 3.16. The van der Waals surface area contributed by atoms with Gasteiger partial charge in [0.15, 0.2) is 0 Å². The zero-order chi connectivity index (χ0) is 18.5.